The van der Waals surface area contributed by atoms with E-state index in [4.69, 9.17) is 0 Å². The van der Waals surface area contributed by atoms with E-state index in [1.807, 2.05) is 36.1 Å². The van der Waals surface area contributed by atoms with Crippen LogP contribution in [0.15, 0.2) is 65.5 Å². The van der Waals surface area contributed by atoms with E-state index in [0.29, 0.717) is 18.8 Å². The van der Waals surface area contributed by atoms with Crippen molar-refractivity contribution in [1.82, 2.24) is 14.7 Å². The quantitative estimate of drug-likeness (QED) is 0.673. The fourth-order valence-electron chi connectivity index (χ4n) is 3.71. The molecule has 0 bridgehead atoms. The monoisotopic (exact) mass is 402 g/mol. The zero-order chi connectivity index (χ0) is 21.1. The molecule has 1 aliphatic rings. The van der Waals surface area contributed by atoms with Crippen LogP contribution in [0.1, 0.15) is 11.1 Å². The van der Waals surface area contributed by atoms with Gasteiger partial charge in [-0.25, -0.2) is 4.68 Å². The SMILES string of the molecule is Cc1ccc(-c2ccc(=O)n(CC(=O)N3CCN(c4cccc(C)c4)CC3)n2)cc1. The predicted molar refractivity (Wildman–Crippen MR) is 119 cm³/mol. The summed E-state index contributed by atoms with van der Waals surface area (Å²) < 4.78 is 1.27. The molecule has 1 aliphatic heterocycles. The summed E-state index contributed by atoms with van der Waals surface area (Å²) in [7, 11) is 0. The molecule has 6 nitrogen and oxygen atoms in total. The molecular weight excluding hydrogens is 376 g/mol. The summed E-state index contributed by atoms with van der Waals surface area (Å²) in [5.74, 6) is -0.0745. The average molecular weight is 402 g/mol. The van der Waals surface area contributed by atoms with Gasteiger partial charge in [0, 0.05) is 43.5 Å². The fourth-order valence-corrected chi connectivity index (χ4v) is 3.71. The molecule has 1 aromatic heterocycles. The summed E-state index contributed by atoms with van der Waals surface area (Å²) >= 11 is 0. The summed E-state index contributed by atoms with van der Waals surface area (Å²) in [6, 6.07) is 19.5. The van der Waals surface area contributed by atoms with Crippen LogP contribution in [0.2, 0.25) is 0 Å². The van der Waals surface area contributed by atoms with Gasteiger partial charge in [-0.15, -0.1) is 0 Å². The fraction of sp³-hybridized carbons (Fsp3) is 0.292. The van der Waals surface area contributed by atoms with Crippen molar-refractivity contribution in [3.8, 4) is 11.3 Å². The van der Waals surface area contributed by atoms with Gasteiger partial charge in [0.1, 0.15) is 6.54 Å². The molecule has 0 N–H and O–H groups in total. The van der Waals surface area contributed by atoms with Crippen LogP contribution in [0.3, 0.4) is 0 Å². The van der Waals surface area contributed by atoms with E-state index < -0.39 is 0 Å². The smallest absolute Gasteiger partial charge is 0.267 e. The Hall–Kier alpha value is -3.41. The molecule has 1 fully saturated rings. The molecule has 1 amide bonds. The Morgan fingerprint density at radius 2 is 1.63 bits per heavy atom. The standard InChI is InChI=1S/C24H26N4O2/c1-18-6-8-20(9-7-18)22-10-11-23(29)28(25-22)17-24(30)27-14-12-26(13-15-27)21-5-3-4-19(2)16-21/h3-11,16H,12-15,17H2,1-2H3. The largest absolute Gasteiger partial charge is 0.368 e. The van der Waals surface area contributed by atoms with Crippen molar-refractivity contribution in [2.24, 2.45) is 0 Å². The topological polar surface area (TPSA) is 58.4 Å². The molecule has 1 saturated heterocycles. The van der Waals surface area contributed by atoms with Crippen LogP contribution in [0.25, 0.3) is 11.3 Å². The lowest BCUT2D eigenvalue weighted by molar-refractivity contribution is -0.132. The molecule has 0 aliphatic carbocycles. The van der Waals surface area contributed by atoms with Crippen LogP contribution in [0.5, 0.6) is 0 Å². The molecule has 0 radical (unpaired) electrons. The van der Waals surface area contributed by atoms with E-state index in [1.165, 1.54) is 22.0 Å². The molecule has 0 unspecified atom stereocenters. The molecule has 2 aromatic carbocycles. The van der Waals surface area contributed by atoms with E-state index in [-0.39, 0.29) is 18.0 Å². The number of carbonyl (C=O) groups excluding carboxylic acids is 1. The Bertz CT molecular complexity index is 1100. The number of benzene rings is 2. The zero-order valence-electron chi connectivity index (χ0n) is 17.4. The summed E-state index contributed by atoms with van der Waals surface area (Å²) in [5.41, 5.74) is 4.92. The maximum atomic E-state index is 12.8. The van der Waals surface area contributed by atoms with Gasteiger partial charge in [0.05, 0.1) is 5.69 Å². The highest BCUT2D eigenvalue weighted by Crippen LogP contribution is 2.18. The van der Waals surface area contributed by atoms with Gasteiger partial charge in [0.15, 0.2) is 0 Å². The summed E-state index contributed by atoms with van der Waals surface area (Å²) in [6.45, 7) is 6.90. The minimum absolute atomic E-state index is 0.0387. The van der Waals surface area contributed by atoms with Gasteiger partial charge >= 0.3 is 0 Å². The first-order valence-electron chi connectivity index (χ1n) is 10.2. The number of amides is 1. The first-order valence-corrected chi connectivity index (χ1v) is 10.2. The maximum absolute atomic E-state index is 12.8. The van der Waals surface area contributed by atoms with Crippen LogP contribution in [0.4, 0.5) is 5.69 Å². The number of hydrogen-bond acceptors (Lipinski definition) is 4. The number of rotatable bonds is 4. The highest BCUT2D eigenvalue weighted by atomic mass is 16.2. The Labute approximate surface area is 176 Å². The molecule has 4 rings (SSSR count). The van der Waals surface area contributed by atoms with Crippen molar-refractivity contribution in [2.75, 3.05) is 31.1 Å². The lowest BCUT2D eigenvalue weighted by atomic mass is 10.1. The molecular formula is C24H26N4O2. The third kappa shape index (κ3) is 4.43. The average Bonchev–Trinajstić information content (AvgIpc) is 2.76. The van der Waals surface area contributed by atoms with E-state index in [2.05, 4.69) is 41.2 Å². The van der Waals surface area contributed by atoms with Crippen LogP contribution in [0, 0.1) is 13.8 Å². The Kier molecular flexibility index (Phi) is 5.65. The molecule has 6 heteroatoms. The van der Waals surface area contributed by atoms with E-state index >= 15 is 0 Å². The predicted octanol–water partition coefficient (Wildman–Crippen LogP) is 2.88. The molecule has 154 valence electrons. The second kappa shape index (κ2) is 8.53. The van der Waals surface area contributed by atoms with Crippen LogP contribution >= 0.6 is 0 Å². The van der Waals surface area contributed by atoms with Gasteiger partial charge in [-0.05, 0) is 37.6 Å². The molecule has 3 aromatic rings. The number of piperazine rings is 1. The number of aromatic nitrogens is 2. The molecule has 2 heterocycles. The van der Waals surface area contributed by atoms with Gasteiger partial charge in [-0.1, -0.05) is 42.0 Å². The minimum Gasteiger partial charge on any atom is -0.368 e. The van der Waals surface area contributed by atoms with Crippen LogP contribution < -0.4 is 10.5 Å². The lowest BCUT2D eigenvalue weighted by Crippen LogP contribution is -2.50. The third-order valence-electron chi connectivity index (χ3n) is 5.50. The van der Waals surface area contributed by atoms with Gasteiger partial charge in [0.2, 0.25) is 5.91 Å². The van der Waals surface area contributed by atoms with Crippen LogP contribution in [-0.2, 0) is 11.3 Å². The van der Waals surface area contributed by atoms with Crippen molar-refractivity contribution < 1.29 is 4.79 Å². The van der Waals surface area contributed by atoms with Crippen molar-refractivity contribution in [1.29, 1.82) is 0 Å². The summed E-state index contributed by atoms with van der Waals surface area (Å²) in [4.78, 5) is 29.2. The Morgan fingerprint density at radius 3 is 2.33 bits per heavy atom. The lowest BCUT2D eigenvalue weighted by Gasteiger charge is -2.36. The van der Waals surface area contributed by atoms with Crippen molar-refractivity contribution in [3.63, 3.8) is 0 Å². The number of carbonyl (C=O) groups is 1. The first-order chi connectivity index (χ1) is 14.5. The van der Waals surface area contributed by atoms with Crippen molar-refractivity contribution in [2.45, 2.75) is 20.4 Å². The molecule has 30 heavy (non-hydrogen) atoms. The molecule has 0 saturated carbocycles. The van der Waals surface area contributed by atoms with Gasteiger partial charge < -0.3 is 9.80 Å². The minimum atomic E-state index is -0.266. The highest BCUT2D eigenvalue weighted by molar-refractivity contribution is 5.76. The highest BCUT2D eigenvalue weighted by Gasteiger charge is 2.22. The second-order valence-electron chi connectivity index (χ2n) is 7.79. The number of nitrogens with zero attached hydrogens (tertiary/aromatic N) is 4. The number of hydrogen-bond donors (Lipinski definition) is 0. The third-order valence-corrected chi connectivity index (χ3v) is 5.50. The Balaban J connectivity index is 1.42. The van der Waals surface area contributed by atoms with E-state index in [0.717, 1.165) is 24.2 Å². The maximum Gasteiger partial charge on any atom is 0.267 e. The van der Waals surface area contributed by atoms with Gasteiger partial charge in [0.25, 0.3) is 5.56 Å². The second-order valence-corrected chi connectivity index (χ2v) is 7.79. The van der Waals surface area contributed by atoms with Crippen molar-refractivity contribution >= 4 is 11.6 Å². The zero-order valence-corrected chi connectivity index (χ0v) is 17.4. The van der Waals surface area contributed by atoms with E-state index in [9.17, 15) is 9.59 Å². The van der Waals surface area contributed by atoms with E-state index in [1.54, 1.807) is 6.07 Å². The van der Waals surface area contributed by atoms with Gasteiger partial charge in [-0.3, -0.25) is 9.59 Å². The Morgan fingerprint density at radius 1 is 0.900 bits per heavy atom. The number of aryl methyl sites for hydroxylation is 2. The summed E-state index contributed by atoms with van der Waals surface area (Å²) in [5, 5.41) is 4.43. The van der Waals surface area contributed by atoms with Gasteiger partial charge in [-0.2, -0.15) is 5.10 Å². The summed E-state index contributed by atoms with van der Waals surface area (Å²) in [6.07, 6.45) is 0. The first kappa shape index (κ1) is 19.9. The van der Waals surface area contributed by atoms with Crippen molar-refractivity contribution in [3.05, 3.63) is 82.1 Å². The number of anilines is 1. The molecule has 0 atom stereocenters. The van der Waals surface area contributed by atoms with Crippen LogP contribution in [-0.4, -0.2) is 46.8 Å². The normalized spacial score (nSPS) is 14.1. The molecule has 0 spiro atoms.